The van der Waals surface area contributed by atoms with Gasteiger partial charge in [-0.05, 0) is 142 Å². The third kappa shape index (κ3) is 9.28. The van der Waals surface area contributed by atoms with E-state index in [2.05, 4.69) is 63.0 Å². The van der Waals surface area contributed by atoms with Crippen LogP contribution in [0.15, 0.2) is 78.0 Å². The molecule has 68 heavy (non-hydrogen) atoms. The molecule has 3 aromatic carbocycles. The number of likely N-dealkylation sites (tertiary alicyclic amines) is 1. The summed E-state index contributed by atoms with van der Waals surface area (Å²) in [4.78, 5) is 27.5. The van der Waals surface area contributed by atoms with E-state index >= 15 is 8.78 Å². The van der Waals surface area contributed by atoms with Crippen LogP contribution in [-0.4, -0.2) is 92.0 Å². The fourth-order valence-corrected chi connectivity index (χ4v) is 12.5. The van der Waals surface area contributed by atoms with Crippen molar-refractivity contribution >= 4 is 44.0 Å². The number of epoxide rings is 1. The van der Waals surface area contributed by atoms with E-state index in [0.29, 0.717) is 85.4 Å². The van der Waals surface area contributed by atoms with Crippen LogP contribution in [0.3, 0.4) is 0 Å². The highest BCUT2D eigenvalue weighted by atomic mass is 32.2. The van der Waals surface area contributed by atoms with Gasteiger partial charge in [0.1, 0.15) is 17.1 Å². The Kier molecular flexibility index (Phi) is 12.4. The van der Waals surface area contributed by atoms with E-state index in [9.17, 15) is 18.3 Å². The molecule has 3 aliphatic heterocycles. The molecular weight excluding hydrogens is 889 g/mol. The zero-order chi connectivity index (χ0) is 47.5. The van der Waals surface area contributed by atoms with Gasteiger partial charge >= 0.3 is 0 Å². The number of aromatic amines is 1. The maximum atomic E-state index is 17.2. The smallest absolute Gasteiger partial charge is 0.269 e. The van der Waals surface area contributed by atoms with Crippen molar-refractivity contribution in [2.45, 2.75) is 120 Å². The van der Waals surface area contributed by atoms with Crippen LogP contribution in [0.4, 0.5) is 25.8 Å². The van der Waals surface area contributed by atoms with Crippen molar-refractivity contribution < 1.29 is 36.6 Å². The van der Waals surface area contributed by atoms with Gasteiger partial charge in [-0.25, -0.2) is 26.9 Å². The van der Waals surface area contributed by atoms with Crippen molar-refractivity contribution in [3.8, 4) is 11.5 Å². The number of aromatic nitrogens is 2. The Balaban J connectivity index is 0.878. The van der Waals surface area contributed by atoms with E-state index in [0.717, 1.165) is 57.6 Å². The summed E-state index contributed by atoms with van der Waals surface area (Å²) >= 11 is 0. The van der Waals surface area contributed by atoms with E-state index in [1.54, 1.807) is 36.3 Å². The number of benzene rings is 3. The zero-order valence-electron chi connectivity index (χ0n) is 39.4. The largest absolute Gasteiger partial charge is 0.452 e. The highest BCUT2D eigenvalue weighted by Crippen LogP contribution is 2.55. The van der Waals surface area contributed by atoms with Gasteiger partial charge in [-0.2, -0.15) is 0 Å². The Hall–Kier alpha value is -5.29. The normalized spacial score (nSPS) is 24.1. The van der Waals surface area contributed by atoms with Crippen LogP contribution in [0.2, 0.25) is 0 Å². The van der Waals surface area contributed by atoms with Gasteiger partial charge < -0.3 is 34.7 Å². The number of sulfonamides is 1. The number of likely N-dealkylation sites (N-methyl/N-ethyl adjacent to an activating group) is 1. The second-order valence-corrected chi connectivity index (χ2v) is 22.3. The number of carbonyl (C=O) groups excluding carboxylic acids is 1. The molecule has 4 N–H and O–H groups in total. The predicted octanol–water partition coefficient (Wildman–Crippen LogP) is 9.61. The molecule has 2 atom stereocenters. The SMILES string of the molecule is CC(C)c1ccccc1[C@@H]1CCCN1C1CC2(CCN(c3c(F)cc(C(=O)NS(=O)(=O)c4ccc(NC[C@H]5CC[C@](C)(O)CC5)c(N(C)C5CO5)c4)c(Oc4cnc5[nH]ccc5c4)c3F)CC2)C1. The first-order valence-electron chi connectivity index (χ1n) is 24.3. The number of anilines is 3. The minimum absolute atomic E-state index is 0.0801. The van der Waals surface area contributed by atoms with Gasteiger partial charge in [0.2, 0.25) is 0 Å². The van der Waals surface area contributed by atoms with Gasteiger partial charge in [0.25, 0.3) is 15.9 Å². The summed E-state index contributed by atoms with van der Waals surface area (Å²) in [5.41, 5.74) is 3.10. The number of carbonyl (C=O) groups is 1. The number of aliphatic hydroxyl groups is 1. The second kappa shape index (κ2) is 18.2. The molecule has 10 rings (SSSR count). The second-order valence-electron chi connectivity index (χ2n) is 20.6. The molecule has 13 nitrogen and oxygen atoms in total. The number of amides is 1. The number of ether oxygens (including phenoxy) is 2. The molecule has 3 saturated heterocycles. The maximum absolute atomic E-state index is 17.2. The highest BCUT2D eigenvalue weighted by molar-refractivity contribution is 7.90. The van der Waals surface area contributed by atoms with E-state index in [-0.39, 0.29) is 28.0 Å². The molecule has 5 aromatic rings. The lowest BCUT2D eigenvalue weighted by atomic mass is 9.59. The van der Waals surface area contributed by atoms with Gasteiger partial charge in [-0.3, -0.25) is 9.69 Å². The Morgan fingerprint density at radius 1 is 1.03 bits per heavy atom. The Labute approximate surface area is 397 Å². The summed E-state index contributed by atoms with van der Waals surface area (Å²) in [5, 5.41) is 14.6. The molecule has 362 valence electrons. The number of piperidine rings is 1. The molecule has 5 aliphatic rings. The van der Waals surface area contributed by atoms with Crippen LogP contribution in [0, 0.1) is 23.0 Å². The number of fused-ring (bicyclic) bond motifs is 1. The van der Waals surface area contributed by atoms with Crippen LogP contribution in [0.25, 0.3) is 11.0 Å². The molecule has 0 bridgehead atoms. The van der Waals surface area contributed by atoms with Gasteiger partial charge in [0.05, 0.1) is 40.2 Å². The number of hydrogen-bond donors (Lipinski definition) is 4. The molecule has 1 amide bonds. The minimum atomic E-state index is -4.60. The van der Waals surface area contributed by atoms with Gasteiger partial charge in [-0.1, -0.05) is 38.1 Å². The van der Waals surface area contributed by atoms with Crippen LogP contribution in [-0.2, 0) is 14.8 Å². The number of halogens is 2. The molecule has 5 fully saturated rings. The van der Waals surface area contributed by atoms with Gasteiger partial charge in [-0.15, -0.1) is 0 Å². The third-order valence-corrected chi connectivity index (χ3v) is 16.9. The molecule has 1 spiro atoms. The molecule has 1 unspecified atom stereocenters. The summed E-state index contributed by atoms with van der Waals surface area (Å²) in [5.74, 6) is -3.10. The maximum Gasteiger partial charge on any atom is 0.269 e. The first-order valence-corrected chi connectivity index (χ1v) is 25.8. The van der Waals surface area contributed by atoms with E-state index in [1.165, 1.54) is 35.9 Å². The molecule has 0 radical (unpaired) electrons. The van der Waals surface area contributed by atoms with E-state index in [4.69, 9.17) is 9.47 Å². The highest BCUT2D eigenvalue weighted by Gasteiger charge is 2.50. The van der Waals surface area contributed by atoms with Crippen LogP contribution in [0.1, 0.15) is 118 Å². The summed E-state index contributed by atoms with van der Waals surface area (Å²) in [6.45, 7) is 9.35. The lowest BCUT2D eigenvalue weighted by Crippen LogP contribution is -2.55. The Bertz CT molecular complexity index is 2790. The van der Waals surface area contributed by atoms with E-state index < -0.39 is 44.5 Å². The zero-order valence-corrected chi connectivity index (χ0v) is 40.2. The van der Waals surface area contributed by atoms with Gasteiger partial charge in [0, 0.05) is 50.3 Å². The molecule has 2 saturated carbocycles. The molecular formula is C52H63F2N7O6S. The first-order chi connectivity index (χ1) is 32.6. The number of rotatable bonds is 14. The summed E-state index contributed by atoms with van der Waals surface area (Å²) < 4.78 is 75.6. The minimum Gasteiger partial charge on any atom is -0.452 e. The lowest BCUT2D eigenvalue weighted by Gasteiger charge is -2.56. The van der Waals surface area contributed by atoms with Crippen molar-refractivity contribution in [3.63, 3.8) is 0 Å². The van der Waals surface area contributed by atoms with Crippen molar-refractivity contribution in [2.24, 2.45) is 11.3 Å². The summed E-state index contributed by atoms with van der Waals surface area (Å²) in [7, 11) is -2.80. The van der Waals surface area contributed by atoms with Crippen LogP contribution >= 0.6 is 0 Å². The monoisotopic (exact) mass is 951 g/mol. The quantitative estimate of drug-likeness (QED) is 0.0787. The molecule has 16 heteroatoms. The molecule has 2 aromatic heterocycles. The lowest BCUT2D eigenvalue weighted by molar-refractivity contribution is -0.0229. The van der Waals surface area contributed by atoms with Crippen molar-refractivity contribution in [1.82, 2.24) is 19.6 Å². The number of H-pyrrole nitrogens is 1. The number of pyridine rings is 1. The van der Waals surface area contributed by atoms with Crippen LogP contribution in [0.5, 0.6) is 11.5 Å². The summed E-state index contributed by atoms with van der Waals surface area (Å²) in [6.07, 6.45) is 11.8. The average molecular weight is 952 g/mol. The van der Waals surface area contributed by atoms with E-state index in [1.807, 2.05) is 11.8 Å². The average Bonchev–Trinajstić information content (AvgIpc) is 3.86. The van der Waals surface area contributed by atoms with Crippen molar-refractivity contribution in [3.05, 3.63) is 101 Å². The number of nitrogens with zero attached hydrogens (tertiary/aromatic N) is 4. The first kappa shape index (κ1) is 46.4. The number of hydrogen-bond acceptors (Lipinski definition) is 11. The Morgan fingerprint density at radius 2 is 1.78 bits per heavy atom. The third-order valence-electron chi connectivity index (χ3n) is 15.6. The number of nitrogens with one attached hydrogen (secondary N) is 3. The van der Waals surface area contributed by atoms with Crippen LogP contribution < -0.4 is 24.6 Å². The Morgan fingerprint density at radius 3 is 2.51 bits per heavy atom. The fourth-order valence-electron chi connectivity index (χ4n) is 11.5. The summed E-state index contributed by atoms with van der Waals surface area (Å²) in [6, 6.07) is 18.4. The molecule has 2 aliphatic carbocycles. The van der Waals surface area contributed by atoms with Crippen molar-refractivity contribution in [1.29, 1.82) is 0 Å². The van der Waals surface area contributed by atoms with Gasteiger partial charge in [0.15, 0.2) is 23.6 Å². The fraction of sp³-hybridized carbons (Fsp3) is 0.500. The predicted molar refractivity (Wildman–Crippen MR) is 259 cm³/mol. The standard InChI is InChI=1S/C52H63F2N7O6S/c1-32(2)38-8-5-6-9-39(38)43-10-7-21-61(43)35-27-52(28-35)18-22-60(23-19-52)47-41(53)26-40(48(46(47)54)67-36-24-34-15-20-55-49(34)57-30-36)50(62)58-68(64,65)37-11-12-42(44(25-37)59(4)45-31-66-45)56-29-33-13-16-51(3,63)17-14-33/h5-6,8-9,11-12,15,20,24-26,30,32-33,35,43,45,56,63H,7,10,13-14,16-19,21-23,27-29,31H2,1-4H3,(H,55,57)(H,58,62)/t33-,43-,45?,51-/m0/s1. The molecule has 5 heterocycles. The van der Waals surface area contributed by atoms with Crippen molar-refractivity contribution in [2.75, 3.05) is 55.0 Å². The topological polar surface area (TPSA) is 156 Å².